The van der Waals surface area contributed by atoms with E-state index in [1.54, 1.807) is 0 Å². The van der Waals surface area contributed by atoms with E-state index in [0.717, 1.165) is 16.2 Å². The largest absolute Gasteiger partial charge is 0.336 e. The number of rotatable bonds is 8. The number of halogens is 2. The molecule has 2 saturated heterocycles. The zero-order valence-electron chi connectivity index (χ0n) is 22.3. The van der Waals surface area contributed by atoms with Crippen molar-refractivity contribution in [3.8, 4) is 0 Å². The minimum absolute atomic E-state index is 0.0904. The second-order valence-electron chi connectivity index (χ2n) is 10.4. The summed E-state index contributed by atoms with van der Waals surface area (Å²) in [5, 5.41) is 13.8. The molecule has 0 radical (unpaired) electrons. The molecular formula is C27H29F2N9O2S. The quantitative estimate of drug-likeness (QED) is 0.287. The molecule has 0 bridgehead atoms. The van der Waals surface area contributed by atoms with Crippen LogP contribution in [0.5, 0.6) is 0 Å². The van der Waals surface area contributed by atoms with Gasteiger partial charge in [-0.1, -0.05) is 0 Å². The molecule has 14 heteroatoms. The van der Waals surface area contributed by atoms with E-state index in [4.69, 9.17) is 0 Å². The average Bonchev–Trinajstić information content (AvgIpc) is 3.73. The molecule has 1 atom stereocenters. The van der Waals surface area contributed by atoms with Crippen LogP contribution in [0.2, 0.25) is 0 Å². The van der Waals surface area contributed by atoms with Gasteiger partial charge in [0.15, 0.2) is 11.0 Å². The van der Waals surface area contributed by atoms with E-state index in [1.165, 1.54) is 16.7 Å². The lowest BCUT2D eigenvalue weighted by Gasteiger charge is -2.21. The van der Waals surface area contributed by atoms with Crippen molar-refractivity contribution in [2.45, 2.75) is 35.7 Å². The molecule has 3 N–H and O–H groups in total. The number of carbonyl (C=O) groups is 2. The van der Waals surface area contributed by atoms with Crippen LogP contribution in [0.4, 0.5) is 26.2 Å². The van der Waals surface area contributed by atoms with Gasteiger partial charge in [0, 0.05) is 48.1 Å². The summed E-state index contributed by atoms with van der Waals surface area (Å²) in [4.78, 5) is 38.6. The normalized spacial score (nSPS) is 18.7. The maximum Gasteiger partial charge on any atom is 0.267 e. The van der Waals surface area contributed by atoms with Crippen molar-refractivity contribution in [2.75, 3.05) is 43.4 Å². The Balaban J connectivity index is 1.03. The van der Waals surface area contributed by atoms with Crippen molar-refractivity contribution in [3.05, 3.63) is 54.4 Å². The van der Waals surface area contributed by atoms with Gasteiger partial charge in [0.05, 0.1) is 19.0 Å². The van der Waals surface area contributed by atoms with Gasteiger partial charge in [0.2, 0.25) is 17.8 Å². The molecule has 214 valence electrons. The molecule has 1 aromatic carbocycles. The van der Waals surface area contributed by atoms with Crippen molar-refractivity contribution >= 4 is 46.7 Å². The summed E-state index contributed by atoms with van der Waals surface area (Å²) in [5.74, 6) is -2.35. The lowest BCUT2D eigenvalue weighted by molar-refractivity contribution is -0.135. The molecule has 2 amide bonds. The third kappa shape index (κ3) is 6.33. The number of likely N-dealkylation sites (tertiary alicyclic amines) is 2. The number of alkyl halides is 2. The molecule has 0 saturated carbocycles. The van der Waals surface area contributed by atoms with Crippen LogP contribution in [0, 0.1) is 12.8 Å². The van der Waals surface area contributed by atoms with Crippen molar-refractivity contribution in [1.29, 1.82) is 0 Å². The van der Waals surface area contributed by atoms with Gasteiger partial charge in [-0.05, 0) is 68.0 Å². The lowest BCUT2D eigenvalue weighted by Crippen LogP contribution is -2.38. The SMILES string of the molecule is Cc1cc(Nc2nc(Sc3ccc(NC(=O)CN4CCC(C(=O)N5CCC(F)(F)C5)C4)cc3)nc3cccn23)n[nH]1. The van der Waals surface area contributed by atoms with Crippen molar-refractivity contribution in [2.24, 2.45) is 5.92 Å². The first kappa shape index (κ1) is 27.1. The van der Waals surface area contributed by atoms with Crippen molar-refractivity contribution < 1.29 is 18.4 Å². The molecule has 4 aromatic rings. The van der Waals surface area contributed by atoms with Gasteiger partial charge in [-0.15, -0.1) is 0 Å². The molecule has 5 heterocycles. The minimum Gasteiger partial charge on any atom is -0.336 e. The standard InChI is InChI=1S/C27H29F2N9O2S/c1-17-13-21(35-34-17)31-25-33-26(32-22-3-2-10-38(22)25)41-20-6-4-19(5-7-20)30-23(39)15-36-11-8-18(14-36)24(40)37-12-9-27(28,29)16-37/h2-7,10,13,18H,8-9,11-12,14-16H2,1H3,(H,30,39)(H2,31,32,33,34,35). The maximum absolute atomic E-state index is 13.5. The predicted molar refractivity (Wildman–Crippen MR) is 149 cm³/mol. The average molecular weight is 582 g/mol. The number of nitrogens with zero attached hydrogens (tertiary/aromatic N) is 6. The fourth-order valence-electron chi connectivity index (χ4n) is 5.12. The number of anilines is 3. The van der Waals surface area contributed by atoms with Crippen LogP contribution >= 0.6 is 11.8 Å². The van der Waals surface area contributed by atoms with Gasteiger partial charge in [-0.25, -0.2) is 13.8 Å². The molecule has 41 heavy (non-hydrogen) atoms. The highest BCUT2D eigenvalue weighted by atomic mass is 32.2. The minimum atomic E-state index is -2.80. The number of hydrogen-bond donors (Lipinski definition) is 3. The summed E-state index contributed by atoms with van der Waals surface area (Å²) in [5.41, 5.74) is 2.31. The number of aromatic nitrogens is 5. The van der Waals surface area contributed by atoms with Crippen LogP contribution in [-0.2, 0) is 9.59 Å². The van der Waals surface area contributed by atoms with Gasteiger partial charge in [-0.2, -0.15) is 10.1 Å². The Morgan fingerprint density at radius 3 is 2.73 bits per heavy atom. The summed E-state index contributed by atoms with van der Waals surface area (Å²) < 4.78 is 28.8. The Labute approximate surface area is 238 Å². The fraction of sp³-hybridized carbons (Fsp3) is 0.370. The molecule has 2 aliphatic rings. The van der Waals surface area contributed by atoms with Crippen LogP contribution in [0.25, 0.3) is 5.65 Å². The van der Waals surface area contributed by atoms with Crippen LogP contribution in [0.15, 0.2) is 58.7 Å². The second-order valence-corrected chi connectivity index (χ2v) is 11.4. The monoisotopic (exact) mass is 581 g/mol. The molecule has 0 aliphatic carbocycles. The zero-order valence-corrected chi connectivity index (χ0v) is 23.1. The number of hydrogen-bond acceptors (Lipinski definition) is 8. The van der Waals surface area contributed by atoms with Gasteiger partial charge in [0.1, 0.15) is 5.65 Å². The molecule has 3 aromatic heterocycles. The highest BCUT2D eigenvalue weighted by molar-refractivity contribution is 7.99. The van der Waals surface area contributed by atoms with Crippen LogP contribution in [0.3, 0.4) is 0 Å². The molecule has 0 spiro atoms. The third-order valence-electron chi connectivity index (χ3n) is 7.13. The van der Waals surface area contributed by atoms with E-state index in [2.05, 4.69) is 30.8 Å². The number of nitrogens with one attached hydrogen (secondary N) is 3. The first-order chi connectivity index (χ1) is 19.7. The van der Waals surface area contributed by atoms with Gasteiger partial charge in [0.25, 0.3) is 5.92 Å². The molecule has 6 rings (SSSR count). The number of aryl methyl sites for hydroxylation is 1. The van der Waals surface area contributed by atoms with E-state index in [-0.39, 0.29) is 37.2 Å². The second kappa shape index (κ2) is 11.1. The number of fused-ring (bicyclic) bond motifs is 1. The van der Waals surface area contributed by atoms with Crippen LogP contribution in [-0.4, -0.2) is 84.8 Å². The van der Waals surface area contributed by atoms with Gasteiger partial charge in [-0.3, -0.25) is 24.0 Å². The first-order valence-electron chi connectivity index (χ1n) is 13.3. The Kier molecular flexibility index (Phi) is 7.34. The summed E-state index contributed by atoms with van der Waals surface area (Å²) >= 11 is 1.40. The van der Waals surface area contributed by atoms with Gasteiger partial charge < -0.3 is 15.5 Å². The van der Waals surface area contributed by atoms with E-state index in [1.807, 2.05) is 64.9 Å². The number of amides is 2. The zero-order chi connectivity index (χ0) is 28.6. The molecule has 2 aliphatic heterocycles. The van der Waals surface area contributed by atoms with E-state index in [9.17, 15) is 18.4 Å². The number of benzene rings is 1. The summed E-state index contributed by atoms with van der Waals surface area (Å²) in [7, 11) is 0. The molecule has 2 fully saturated rings. The van der Waals surface area contributed by atoms with Gasteiger partial charge >= 0.3 is 0 Å². The fourth-order valence-corrected chi connectivity index (χ4v) is 5.87. The maximum atomic E-state index is 13.5. The van der Waals surface area contributed by atoms with Crippen molar-refractivity contribution in [1.82, 2.24) is 34.4 Å². The Hall–Kier alpha value is -4.04. The lowest BCUT2D eigenvalue weighted by atomic mass is 10.1. The molecular weight excluding hydrogens is 552 g/mol. The van der Waals surface area contributed by atoms with E-state index in [0.29, 0.717) is 42.1 Å². The topological polar surface area (TPSA) is 124 Å². The smallest absolute Gasteiger partial charge is 0.267 e. The molecule has 1 unspecified atom stereocenters. The number of aromatic amines is 1. The molecule has 11 nitrogen and oxygen atoms in total. The summed E-state index contributed by atoms with van der Waals surface area (Å²) in [6.45, 7) is 2.61. The highest BCUT2D eigenvalue weighted by Crippen LogP contribution is 2.30. The third-order valence-corrected chi connectivity index (χ3v) is 8.00. The van der Waals surface area contributed by atoms with Crippen molar-refractivity contribution in [3.63, 3.8) is 0 Å². The predicted octanol–water partition coefficient (Wildman–Crippen LogP) is 3.78. The Bertz CT molecular complexity index is 1570. The number of carbonyl (C=O) groups excluding carboxylic acids is 2. The Morgan fingerprint density at radius 2 is 2.00 bits per heavy atom. The summed E-state index contributed by atoms with van der Waals surface area (Å²) in [6.07, 6.45) is 2.15. The van der Waals surface area contributed by atoms with E-state index >= 15 is 0 Å². The first-order valence-corrected chi connectivity index (χ1v) is 14.1. The summed E-state index contributed by atoms with van der Waals surface area (Å²) in [6, 6.07) is 13.1. The number of H-pyrrole nitrogens is 1. The Morgan fingerprint density at radius 1 is 1.17 bits per heavy atom. The van der Waals surface area contributed by atoms with Crippen LogP contribution in [0.1, 0.15) is 18.5 Å². The van der Waals surface area contributed by atoms with Crippen LogP contribution < -0.4 is 10.6 Å². The highest BCUT2D eigenvalue weighted by Gasteiger charge is 2.43. The van der Waals surface area contributed by atoms with E-state index < -0.39 is 12.5 Å².